The number of carbonyl (C=O) groups is 2. The summed E-state index contributed by atoms with van der Waals surface area (Å²) in [7, 11) is 4.67. The van der Waals surface area contributed by atoms with Crippen LogP contribution in [0.5, 0.6) is 5.75 Å². The Bertz CT molecular complexity index is 916. The van der Waals surface area contributed by atoms with Gasteiger partial charge in [0.15, 0.2) is 0 Å². The predicted octanol–water partition coefficient (Wildman–Crippen LogP) is 0.868. The number of amides is 3. The summed E-state index contributed by atoms with van der Waals surface area (Å²) in [5.41, 5.74) is 4.60. The molecule has 0 saturated carbocycles. The molecule has 28 heavy (non-hydrogen) atoms. The molecule has 1 aromatic rings. The molecule has 2 aliphatic rings. The van der Waals surface area contributed by atoms with Crippen molar-refractivity contribution < 1.29 is 18.9 Å². The Kier molecular flexibility index (Phi) is 5.25. The molecular formula is C19H23N6O3+. The Morgan fingerprint density at radius 3 is 2.61 bits per heavy atom. The maximum Gasteiger partial charge on any atom is 0.414 e. The third-order valence-electron chi connectivity index (χ3n) is 4.46. The molecule has 3 amide bonds. The number of likely N-dealkylation sites (N-methyl/N-ethyl adjacent to an activating group) is 2. The van der Waals surface area contributed by atoms with Crippen LogP contribution in [0.25, 0.3) is 0 Å². The molecule has 9 heteroatoms. The first-order valence-corrected chi connectivity index (χ1v) is 8.68. The summed E-state index contributed by atoms with van der Waals surface area (Å²) in [6.07, 6.45) is 1.64. The van der Waals surface area contributed by atoms with Crippen molar-refractivity contribution in [3.05, 3.63) is 42.0 Å². The van der Waals surface area contributed by atoms with Gasteiger partial charge in [-0.2, -0.15) is 5.43 Å². The van der Waals surface area contributed by atoms with Gasteiger partial charge in [-0.15, -0.1) is 5.10 Å². The van der Waals surface area contributed by atoms with Crippen LogP contribution >= 0.6 is 0 Å². The fourth-order valence-corrected chi connectivity index (χ4v) is 3.00. The Morgan fingerprint density at radius 1 is 1.32 bits per heavy atom. The van der Waals surface area contributed by atoms with Crippen LogP contribution in [-0.2, 0) is 4.79 Å². The van der Waals surface area contributed by atoms with Crippen LogP contribution in [-0.4, -0.2) is 78.1 Å². The Hall–Kier alpha value is -3.49. The van der Waals surface area contributed by atoms with Gasteiger partial charge in [-0.25, -0.2) is 9.37 Å². The van der Waals surface area contributed by atoms with Gasteiger partial charge in [-0.1, -0.05) is 11.6 Å². The van der Waals surface area contributed by atoms with E-state index in [4.69, 9.17) is 4.74 Å². The Balaban J connectivity index is 1.87. The molecule has 1 atom stereocenters. The average molecular weight is 383 g/mol. The molecule has 0 bridgehead atoms. The number of amidine groups is 1. The second kappa shape index (κ2) is 7.63. The van der Waals surface area contributed by atoms with Crippen LogP contribution in [0.2, 0.25) is 0 Å². The number of hydrogen-bond donors (Lipinski definition) is 1. The number of nitrogens with zero attached hydrogens (tertiary/aromatic N) is 5. The standard InChI is InChI=1S/C19H22N6O3/c1-12(2)11-25-15-16(23(3)19(27)24(4)17(15)26)21-18(25)22-20-10-13-6-8-14(28-5)9-7-13/h6-10,15H,1,11H2,2-5H3/p+1/b20-10+. The minimum absolute atomic E-state index is 0.334. The number of methoxy groups -OCH3 is 1. The van der Waals surface area contributed by atoms with Crippen molar-refractivity contribution in [3.63, 3.8) is 0 Å². The first-order valence-electron chi connectivity index (χ1n) is 8.68. The van der Waals surface area contributed by atoms with Gasteiger partial charge in [-0.3, -0.25) is 14.6 Å². The Labute approximate surface area is 163 Å². The number of carbonyl (C=O) groups excluding carboxylic acids is 2. The minimum atomic E-state index is -0.692. The van der Waals surface area contributed by atoms with Crippen molar-refractivity contribution in [2.24, 2.45) is 10.1 Å². The maximum absolute atomic E-state index is 12.7. The van der Waals surface area contributed by atoms with E-state index in [2.05, 4.69) is 22.1 Å². The van der Waals surface area contributed by atoms with Gasteiger partial charge in [0.2, 0.25) is 11.9 Å². The topological polar surface area (TPSA) is 89.6 Å². The number of imide groups is 1. The van der Waals surface area contributed by atoms with Crippen molar-refractivity contribution in [2.75, 3.05) is 27.7 Å². The molecule has 2 heterocycles. The molecule has 1 saturated heterocycles. The minimum Gasteiger partial charge on any atom is -0.497 e. The number of rotatable bonds is 5. The molecule has 0 aromatic heterocycles. The summed E-state index contributed by atoms with van der Waals surface area (Å²) in [4.78, 5) is 31.8. The summed E-state index contributed by atoms with van der Waals surface area (Å²) in [6.45, 7) is 6.19. The molecule has 146 valence electrons. The largest absolute Gasteiger partial charge is 0.497 e. The lowest BCUT2D eigenvalue weighted by Crippen LogP contribution is -2.61. The highest BCUT2D eigenvalue weighted by Crippen LogP contribution is 2.19. The monoisotopic (exact) mass is 383 g/mol. The van der Waals surface area contributed by atoms with Crippen molar-refractivity contribution in [3.8, 4) is 5.75 Å². The summed E-state index contributed by atoms with van der Waals surface area (Å²) in [5, 5.41) is 4.22. The van der Waals surface area contributed by atoms with E-state index < -0.39 is 12.1 Å². The number of aliphatic imine (C=N–C) groups is 1. The van der Waals surface area contributed by atoms with Crippen LogP contribution in [0.4, 0.5) is 4.79 Å². The number of hydrazone groups is 1. The SMILES string of the molecule is C=C(C)C[N+]1=C(N/N=C/c2ccc(OC)cc2)N=C2C1C(=O)N(C)C(=O)N2C. The van der Waals surface area contributed by atoms with Crippen LogP contribution in [0, 0.1) is 0 Å². The molecule has 1 N–H and O–H groups in total. The normalized spacial score (nSPS) is 19.3. The van der Waals surface area contributed by atoms with E-state index in [0.29, 0.717) is 18.3 Å². The van der Waals surface area contributed by atoms with Gasteiger partial charge in [0.05, 0.1) is 19.9 Å². The van der Waals surface area contributed by atoms with Gasteiger partial charge >= 0.3 is 12.0 Å². The third-order valence-corrected chi connectivity index (χ3v) is 4.46. The van der Waals surface area contributed by atoms with Gasteiger partial charge in [-0.05, 0) is 42.3 Å². The predicted molar refractivity (Wildman–Crippen MR) is 106 cm³/mol. The van der Waals surface area contributed by atoms with E-state index in [1.807, 2.05) is 31.2 Å². The smallest absolute Gasteiger partial charge is 0.414 e. The first-order chi connectivity index (χ1) is 13.3. The fourth-order valence-electron chi connectivity index (χ4n) is 3.00. The summed E-state index contributed by atoms with van der Waals surface area (Å²) < 4.78 is 6.89. The highest BCUT2D eigenvalue weighted by atomic mass is 16.5. The van der Waals surface area contributed by atoms with Crippen LogP contribution in [0.3, 0.4) is 0 Å². The maximum atomic E-state index is 12.7. The van der Waals surface area contributed by atoms with E-state index in [-0.39, 0.29) is 5.91 Å². The number of urea groups is 1. The summed E-state index contributed by atoms with van der Waals surface area (Å²) in [5.74, 6) is 1.18. The van der Waals surface area contributed by atoms with Gasteiger partial charge < -0.3 is 4.74 Å². The molecule has 9 nitrogen and oxygen atoms in total. The first kappa shape index (κ1) is 19.3. The quantitative estimate of drug-likeness (QED) is 0.354. The number of fused-ring (bicyclic) bond motifs is 1. The second-order valence-electron chi connectivity index (χ2n) is 6.66. The van der Waals surface area contributed by atoms with Crippen LogP contribution in [0.15, 0.2) is 46.5 Å². The zero-order valence-corrected chi connectivity index (χ0v) is 16.3. The molecule has 1 unspecified atom stereocenters. The number of guanidine groups is 1. The molecule has 2 aliphatic heterocycles. The van der Waals surface area contributed by atoms with E-state index in [9.17, 15) is 9.59 Å². The van der Waals surface area contributed by atoms with Crippen LogP contribution in [0.1, 0.15) is 12.5 Å². The molecule has 0 aliphatic carbocycles. The third kappa shape index (κ3) is 3.51. The van der Waals surface area contributed by atoms with Crippen molar-refractivity contribution in [2.45, 2.75) is 13.0 Å². The lowest BCUT2D eigenvalue weighted by atomic mass is 10.1. The van der Waals surface area contributed by atoms with Crippen LogP contribution < -0.4 is 10.2 Å². The lowest BCUT2D eigenvalue weighted by molar-refractivity contribution is -0.529. The van der Waals surface area contributed by atoms with Crippen molar-refractivity contribution in [1.29, 1.82) is 0 Å². The number of benzene rings is 1. The van der Waals surface area contributed by atoms with Crippen molar-refractivity contribution >= 4 is 29.9 Å². The van der Waals surface area contributed by atoms with Gasteiger partial charge in [0.1, 0.15) is 5.75 Å². The average Bonchev–Trinajstić information content (AvgIpc) is 3.03. The van der Waals surface area contributed by atoms with E-state index in [0.717, 1.165) is 21.8 Å². The zero-order chi connectivity index (χ0) is 20.4. The zero-order valence-electron chi connectivity index (χ0n) is 16.3. The highest BCUT2D eigenvalue weighted by Gasteiger charge is 2.51. The van der Waals surface area contributed by atoms with E-state index >= 15 is 0 Å². The Morgan fingerprint density at radius 2 is 2.00 bits per heavy atom. The fraction of sp³-hybridized carbons (Fsp3) is 0.316. The molecule has 0 radical (unpaired) electrons. The number of hydrogen-bond acceptors (Lipinski definition) is 6. The molecular weight excluding hydrogens is 360 g/mol. The number of nitrogens with one attached hydrogen (secondary N) is 1. The molecule has 3 rings (SSSR count). The summed E-state index contributed by atoms with van der Waals surface area (Å²) in [6, 6.07) is 6.29. The van der Waals surface area contributed by atoms with E-state index in [1.54, 1.807) is 24.9 Å². The van der Waals surface area contributed by atoms with Gasteiger partial charge in [0, 0.05) is 14.1 Å². The molecule has 0 spiro atoms. The highest BCUT2D eigenvalue weighted by molar-refractivity contribution is 6.22. The lowest BCUT2D eigenvalue weighted by Gasteiger charge is -2.31. The van der Waals surface area contributed by atoms with Crippen molar-refractivity contribution in [1.82, 2.24) is 15.2 Å². The molecule has 1 aromatic carbocycles. The number of ether oxygens (including phenoxy) is 1. The molecule has 1 fully saturated rings. The van der Waals surface area contributed by atoms with E-state index in [1.165, 1.54) is 11.9 Å². The second-order valence-corrected chi connectivity index (χ2v) is 6.66. The van der Waals surface area contributed by atoms with Gasteiger partial charge in [0.25, 0.3) is 5.91 Å². The summed E-state index contributed by atoms with van der Waals surface area (Å²) >= 11 is 0.